The van der Waals surface area contributed by atoms with Gasteiger partial charge in [-0.05, 0) is 12.1 Å². The van der Waals surface area contributed by atoms with Crippen molar-refractivity contribution in [2.45, 2.75) is 6.54 Å². The van der Waals surface area contributed by atoms with Crippen LogP contribution in [0.25, 0.3) is 10.6 Å². The van der Waals surface area contributed by atoms with Gasteiger partial charge in [-0.1, -0.05) is 42.5 Å². The van der Waals surface area contributed by atoms with Gasteiger partial charge in [0.25, 0.3) is 5.91 Å². The number of thiazole rings is 1. The smallest absolute Gasteiger partial charge is 0.256 e. The molecule has 0 radical (unpaired) electrons. The van der Waals surface area contributed by atoms with Gasteiger partial charge in [-0.3, -0.25) is 9.69 Å². The highest BCUT2D eigenvalue weighted by Gasteiger charge is 2.23. The van der Waals surface area contributed by atoms with Gasteiger partial charge in [0, 0.05) is 49.9 Å². The Morgan fingerprint density at radius 3 is 2.63 bits per heavy atom. The molecule has 0 spiro atoms. The van der Waals surface area contributed by atoms with Crippen LogP contribution in [-0.2, 0) is 6.54 Å². The third-order valence-corrected chi connectivity index (χ3v) is 5.94. The number of H-pyrrole nitrogens is 1. The molecule has 0 saturated carbocycles. The number of aromatic amines is 1. The minimum atomic E-state index is 0.0107. The summed E-state index contributed by atoms with van der Waals surface area (Å²) in [6.45, 7) is 3.91. The molecule has 1 aromatic carbocycles. The van der Waals surface area contributed by atoms with Gasteiger partial charge in [-0.2, -0.15) is 0 Å². The van der Waals surface area contributed by atoms with Crippen LogP contribution in [0.1, 0.15) is 16.1 Å². The first kappa shape index (κ1) is 18.0. The molecule has 1 aliphatic heterocycles. The standard InChI is InChI=1S/C20H20N4OS2/c25-20(17-7-4-8-21-18(17)26)24-11-9-23(10-12-24)13-16-14-27-19(22-16)15-5-2-1-3-6-15/h1-8,14H,9-13H2,(H,21,26). The predicted octanol–water partition coefficient (Wildman–Crippen LogP) is 3.83. The van der Waals surface area contributed by atoms with Crippen molar-refractivity contribution in [3.8, 4) is 10.6 Å². The monoisotopic (exact) mass is 396 g/mol. The van der Waals surface area contributed by atoms with Gasteiger partial charge >= 0.3 is 0 Å². The van der Waals surface area contributed by atoms with Crippen LogP contribution in [0, 0.1) is 4.64 Å². The van der Waals surface area contributed by atoms with E-state index in [2.05, 4.69) is 27.4 Å². The summed E-state index contributed by atoms with van der Waals surface area (Å²) in [4.78, 5) is 24.6. The zero-order valence-corrected chi connectivity index (χ0v) is 16.4. The maximum absolute atomic E-state index is 12.7. The van der Waals surface area contributed by atoms with Gasteiger partial charge < -0.3 is 9.88 Å². The van der Waals surface area contributed by atoms with Gasteiger partial charge in [0.2, 0.25) is 0 Å². The second-order valence-electron chi connectivity index (χ2n) is 6.49. The van der Waals surface area contributed by atoms with E-state index in [4.69, 9.17) is 17.2 Å². The number of benzene rings is 1. The predicted molar refractivity (Wildman–Crippen MR) is 110 cm³/mol. The summed E-state index contributed by atoms with van der Waals surface area (Å²) in [5, 5.41) is 3.18. The Morgan fingerprint density at radius 1 is 1.11 bits per heavy atom. The van der Waals surface area contributed by atoms with E-state index in [9.17, 15) is 4.79 Å². The summed E-state index contributed by atoms with van der Waals surface area (Å²) in [6, 6.07) is 13.8. The molecule has 138 valence electrons. The van der Waals surface area contributed by atoms with Crippen molar-refractivity contribution in [2.24, 2.45) is 0 Å². The molecule has 0 bridgehead atoms. The molecule has 3 heterocycles. The van der Waals surface area contributed by atoms with E-state index < -0.39 is 0 Å². The SMILES string of the molecule is O=C(c1ccc[nH]c1=S)N1CCN(Cc2csc(-c3ccccc3)n2)CC1. The van der Waals surface area contributed by atoms with Crippen molar-refractivity contribution in [1.82, 2.24) is 19.8 Å². The van der Waals surface area contributed by atoms with E-state index in [0.29, 0.717) is 23.3 Å². The first-order valence-electron chi connectivity index (χ1n) is 8.90. The number of carbonyl (C=O) groups is 1. The third-order valence-electron chi connectivity index (χ3n) is 4.67. The lowest BCUT2D eigenvalue weighted by atomic mass is 10.2. The topological polar surface area (TPSA) is 52.2 Å². The molecule has 2 aromatic heterocycles. The largest absolute Gasteiger partial charge is 0.352 e. The minimum Gasteiger partial charge on any atom is -0.352 e. The maximum atomic E-state index is 12.7. The van der Waals surface area contributed by atoms with Gasteiger partial charge in [0.1, 0.15) is 9.65 Å². The van der Waals surface area contributed by atoms with Gasteiger partial charge in [-0.15, -0.1) is 11.3 Å². The van der Waals surface area contributed by atoms with Crippen LogP contribution in [0.4, 0.5) is 0 Å². The summed E-state index contributed by atoms with van der Waals surface area (Å²) < 4.78 is 0.501. The molecule has 1 fully saturated rings. The molecule has 0 aliphatic carbocycles. The quantitative estimate of drug-likeness (QED) is 0.681. The van der Waals surface area contributed by atoms with Gasteiger partial charge in [0.15, 0.2) is 0 Å². The van der Waals surface area contributed by atoms with Gasteiger partial charge in [-0.25, -0.2) is 4.98 Å². The van der Waals surface area contributed by atoms with Crippen molar-refractivity contribution in [3.05, 3.63) is 69.9 Å². The number of nitrogens with one attached hydrogen (secondary N) is 1. The van der Waals surface area contributed by atoms with Crippen molar-refractivity contribution in [2.75, 3.05) is 26.2 Å². The molecule has 1 aliphatic rings. The van der Waals surface area contributed by atoms with Crippen molar-refractivity contribution in [1.29, 1.82) is 0 Å². The Hall–Kier alpha value is -2.35. The molecule has 27 heavy (non-hydrogen) atoms. The normalized spacial score (nSPS) is 15.0. The summed E-state index contributed by atoms with van der Waals surface area (Å²) in [7, 11) is 0. The van der Waals surface area contributed by atoms with E-state index in [1.54, 1.807) is 23.6 Å². The molecule has 1 amide bonds. The van der Waals surface area contributed by atoms with Crippen LogP contribution in [-0.4, -0.2) is 51.9 Å². The minimum absolute atomic E-state index is 0.0107. The third kappa shape index (κ3) is 4.16. The van der Waals surface area contributed by atoms with Crippen LogP contribution < -0.4 is 0 Å². The number of aromatic nitrogens is 2. The fourth-order valence-electron chi connectivity index (χ4n) is 3.19. The number of amides is 1. The van der Waals surface area contributed by atoms with Crippen molar-refractivity contribution >= 4 is 29.5 Å². The Balaban J connectivity index is 1.35. The summed E-state index contributed by atoms with van der Waals surface area (Å²) in [6.07, 6.45) is 1.74. The van der Waals surface area contributed by atoms with E-state index in [-0.39, 0.29) is 5.91 Å². The van der Waals surface area contributed by atoms with Gasteiger partial charge in [0.05, 0.1) is 11.3 Å². The zero-order valence-electron chi connectivity index (χ0n) is 14.8. The van der Waals surface area contributed by atoms with Crippen molar-refractivity contribution < 1.29 is 4.79 Å². The molecular weight excluding hydrogens is 376 g/mol. The molecular formula is C20H20N4OS2. The van der Waals surface area contributed by atoms with E-state index in [1.807, 2.05) is 29.2 Å². The fourth-order valence-corrected chi connectivity index (χ4v) is 4.23. The summed E-state index contributed by atoms with van der Waals surface area (Å²) in [5.74, 6) is 0.0107. The lowest BCUT2D eigenvalue weighted by Gasteiger charge is -2.34. The lowest BCUT2D eigenvalue weighted by molar-refractivity contribution is 0.0626. The number of nitrogens with zero attached hydrogens (tertiary/aromatic N) is 3. The molecule has 1 N–H and O–H groups in total. The highest BCUT2D eigenvalue weighted by atomic mass is 32.1. The first-order chi connectivity index (χ1) is 13.2. The number of pyridine rings is 1. The fraction of sp³-hybridized carbons (Fsp3) is 0.250. The highest BCUT2D eigenvalue weighted by molar-refractivity contribution is 7.71. The first-order valence-corrected chi connectivity index (χ1v) is 10.2. The second-order valence-corrected chi connectivity index (χ2v) is 7.76. The second kappa shape index (κ2) is 8.12. The molecule has 0 unspecified atom stereocenters. The molecule has 5 nitrogen and oxygen atoms in total. The Kier molecular flexibility index (Phi) is 5.42. The average Bonchev–Trinajstić information content (AvgIpc) is 3.18. The Bertz CT molecular complexity index is 975. The molecule has 7 heteroatoms. The number of carbonyl (C=O) groups excluding carboxylic acids is 1. The molecule has 3 aromatic rings. The molecule has 1 saturated heterocycles. The van der Waals surface area contributed by atoms with Crippen LogP contribution >= 0.6 is 23.6 Å². The maximum Gasteiger partial charge on any atom is 0.256 e. The molecule has 4 rings (SSSR count). The van der Waals surface area contributed by atoms with Crippen LogP contribution in [0.5, 0.6) is 0 Å². The number of hydrogen-bond donors (Lipinski definition) is 1. The average molecular weight is 397 g/mol. The summed E-state index contributed by atoms with van der Waals surface area (Å²) in [5.41, 5.74) is 2.82. The van der Waals surface area contributed by atoms with Crippen molar-refractivity contribution in [3.63, 3.8) is 0 Å². The number of rotatable bonds is 4. The Morgan fingerprint density at radius 2 is 1.89 bits per heavy atom. The molecule has 0 atom stereocenters. The van der Waals surface area contributed by atoms with Crippen LogP contribution in [0.15, 0.2) is 54.0 Å². The van der Waals surface area contributed by atoms with E-state index >= 15 is 0 Å². The number of hydrogen-bond acceptors (Lipinski definition) is 5. The van der Waals surface area contributed by atoms with Crippen LogP contribution in [0.2, 0.25) is 0 Å². The van der Waals surface area contributed by atoms with E-state index in [0.717, 1.165) is 35.9 Å². The van der Waals surface area contributed by atoms with E-state index in [1.165, 1.54) is 0 Å². The Labute approximate surface area is 167 Å². The number of piperazine rings is 1. The van der Waals surface area contributed by atoms with Crippen LogP contribution in [0.3, 0.4) is 0 Å². The summed E-state index contributed by atoms with van der Waals surface area (Å²) >= 11 is 6.91. The highest BCUT2D eigenvalue weighted by Crippen LogP contribution is 2.24. The lowest BCUT2D eigenvalue weighted by Crippen LogP contribution is -2.48. The zero-order chi connectivity index (χ0) is 18.6.